The highest BCUT2D eigenvalue weighted by atomic mass is 16.7. The maximum absolute atomic E-state index is 13.4. The van der Waals surface area contributed by atoms with Crippen LogP contribution < -0.4 is 10.9 Å². The fourth-order valence-corrected chi connectivity index (χ4v) is 7.50. The molecule has 4 aromatic rings. The molecule has 2 heterocycles. The van der Waals surface area contributed by atoms with E-state index >= 15 is 0 Å². The first kappa shape index (κ1) is 36.7. The molecule has 2 aliphatic heterocycles. The molecule has 10 nitrogen and oxygen atoms in total. The summed E-state index contributed by atoms with van der Waals surface area (Å²) in [4.78, 5) is 26.3. The van der Waals surface area contributed by atoms with Crippen LogP contribution in [-0.4, -0.2) is 73.0 Å². The van der Waals surface area contributed by atoms with Crippen molar-refractivity contribution in [1.29, 1.82) is 0 Å². The van der Waals surface area contributed by atoms with Gasteiger partial charge in [-0.3, -0.25) is 0 Å². The number of ether oxygens (including phenoxy) is 2. The van der Waals surface area contributed by atoms with Crippen LogP contribution >= 0.6 is 0 Å². The zero-order chi connectivity index (χ0) is 38.5. The molecule has 0 spiro atoms. The number of aromatic hydroxyl groups is 2. The van der Waals surface area contributed by atoms with Crippen LogP contribution in [0, 0.1) is 0 Å². The molecule has 0 atom stereocenters. The second-order valence-electron chi connectivity index (χ2n) is 16.0. The van der Waals surface area contributed by atoms with Crippen molar-refractivity contribution in [1.82, 2.24) is 0 Å². The van der Waals surface area contributed by atoms with E-state index in [2.05, 4.69) is 0 Å². The van der Waals surface area contributed by atoms with Crippen molar-refractivity contribution in [2.45, 2.75) is 83.2 Å². The third-order valence-electron chi connectivity index (χ3n) is 11.9. The van der Waals surface area contributed by atoms with E-state index in [9.17, 15) is 19.8 Å². The number of phenolic OH excluding ortho intramolecular Hbond substituents is 2. The average Bonchev–Trinajstić information content (AvgIpc) is 3.62. The summed E-state index contributed by atoms with van der Waals surface area (Å²) in [6.07, 6.45) is 0. The summed E-state index contributed by atoms with van der Waals surface area (Å²) in [5.41, 5.74) is 2.37. The molecule has 1 aliphatic carbocycles. The largest absolute Gasteiger partial charge is 0.504 e. The monoisotopic (exact) mass is 718 g/mol. The lowest BCUT2D eigenvalue weighted by Crippen LogP contribution is -2.41. The summed E-state index contributed by atoms with van der Waals surface area (Å²) in [6.45, 7) is 16.0. The average molecular weight is 718 g/mol. The van der Waals surface area contributed by atoms with Crippen molar-refractivity contribution in [2.75, 3.05) is 14.2 Å². The minimum atomic E-state index is -1.26. The maximum atomic E-state index is 13.4. The molecule has 0 amide bonds. The van der Waals surface area contributed by atoms with Gasteiger partial charge in [0.25, 0.3) is 0 Å². The summed E-state index contributed by atoms with van der Waals surface area (Å²) in [5.74, 6) is -2.06. The Kier molecular flexibility index (Phi) is 8.46. The summed E-state index contributed by atoms with van der Waals surface area (Å²) in [5, 5.41) is 21.6. The second kappa shape index (κ2) is 12.2. The van der Waals surface area contributed by atoms with Gasteiger partial charge in [-0.05, 0) is 124 Å². The molecule has 0 aromatic heterocycles. The standard InChI is InChI=1S/C41H44B2O10/c1-37(2)38(3,4)51-42(50-37)25-13-16-27-28-17-14-26(43-52-39(5,6)40(7,8)53-43)22-32(28)41(31(27)21-25,24-12-18-33(44)34(45)20-24)23-11-15-29(35(46)48-9)30(19-23)36(47)49-10/h11-22,44-45H,1-10H3. The lowest BCUT2D eigenvalue weighted by molar-refractivity contribution is 0.00578. The Balaban J connectivity index is 1.56. The van der Waals surface area contributed by atoms with Gasteiger partial charge in [0.2, 0.25) is 0 Å². The molecule has 0 radical (unpaired) electrons. The number of fused-ring (bicyclic) bond motifs is 3. The van der Waals surface area contributed by atoms with Gasteiger partial charge in [0, 0.05) is 0 Å². The Labute approximate surface area is 310 Å². The number of methoxy groups -OCH3 is 2. The quantitative estimate of drug-likeness (QED) is 0.130. The molecule has 2 fully saturated rings. The first-order valence-electron chi connectivity index (χ1n) is 17.6. The van der Waals surface area contributed by atoms with E-state index in [1.165, 1.54) is 26.4 Å². The Morgan fingerprint density at radius 2 is 0.943 bits per heavy atom. The molecule has 0 unspecified atom stereocenters. The van der Waals surface area contributed by atoms with Crippen LogP contribution in [0.3, 0.4) is 0 Å². The highest BCUT2D eigenvalue weighted by Gasteiger charge is 2.55. The van der Waals surface area contributed by atoms with Gasteiger partial charge < -0.3 is 38.3 Å². The lowest BCUT2D eigenvalue weighted by Gasteiger charge is -2.35. The third-order valence-corrected chi connectivity index (χ3v) is 11.9. The topological polar surface area (TPSA) is 130 Å². The van der Waals surface area contributed by atoms with Crippen LogP contribution in [-0.2, 0) is 33.5 Å². The van der Waals surface area contributed by atoms with Gasteiger partial charge >= 0.3 is 26.2 Å². The van der Waals surface area contributed by atoms with Crippen molar-refractivity contribution in [3.05, 3.63) is 106 Å². The molecule has 53 heavy (non-hydrogen) atoms. The Hall–Kier alpha value is -4.61. The second-order valence-corrected chi connectivity index (χ2v) is 16.0. The Bertz CT molecular complexity index is 2050. The fourth-order valence-electron chi connectivity index (χ4n) is 7.50. The number of carbonyl (C=O) groups is 2. The number of esters is 2. The van der Waals surface area contributed by atoms with Crippen LogP contribution in [0.4, 0.5) is 0 Å². The molecule has 274 valence electrons. The maximum Gasteiger partial charge on any atom is 0.494 e. The molecule has 0 bridgehead atoms. The molecule has 3 aliphatic rings. The number of hydrogen-bond acceptors (Lipinski definition) is 10. The molecular weight excluding hydrogens is 674 g/mol. The van der Waals surface area contributed by atoms with Crippen LogP contribution in [0.1, 0.15) is 98.4 Å². The molecule has 7 rings (SSSR count). The van der Waals surface area contributed by atoms with Crippen molar-refractivity contribution in [3.8, 4) is 22.6 Å². The first-order chi connectivity index (χ1) is 24.8. The highest BCUT2D eigenvalue weighted by molar-refractivity contribution is 6.62. The minimum Gasteiger partial charge on any atom is -0.504 e. The minimum absolute atomic E-state index is 0.00143. The third kappa shape index (κ3) is 5.49. The highest BCUT2D eigenvalue weighted by Crippen LogP contribution is 2.57. The summed E-state index contributed by atoms with van der Waals surface area (Å²) < 4.78 is 36.2. The summed E-state index contributed by atoms with van der Waals surface area (Å²) >= 11 is 0. The Morgan fingerprint density at radius 1 is 0.528 bits per heavy atom. The van der Waals surface area contributed by atoms with Gasteiger partial charge in [0.15, 0.2) is 11.5 Å². The van der Waals surface area contributed by atoms with Crippen LogP contribution in [0.25, 0.3) is 11.1 Å². The Morgan fingerprint density at radius 3 is 1.38 bits per heavy atom. The molecule has 2 N–H and O–H groups in total. The van der Waals surface area contributed by atoms with E-state index in [1.807, 2.05) is 91.8 Å². The van der Waals surface area contributed by atoms with Crippen LogP contribution in [0.2, 0.25) is 0 Å². The van der Waals surface area contributed by atoms with Gasteiger partial charge in [-0.2, -0.15) is 0 Å². The molecule has 2 saturated heterocycles. The summed E-state index contributed by atoms with van der Waals surface area (Å²) in [7, 11) is 1.09. The van der Waals surface area contributed by atoms with Crippen molar-refractivity contribution in [2.24, 2.45) is 0 Å². The SMILES string of the molecule is COC(=O)c1ccc(C2(c3ccc(O)c(O)c3)c3cc(B4OC(C)(C)C(C)(C)O4)ccc3-c3ccc(B4OC(C)(C)C(C)(C)O4)cc32)cc1C(=O)OC. The lowest BCUT2D eigenvalue weighted by atomic mass is 9.64. The van der Waals surface area contributed by atoms with Gasteiger partial charge in [-0.15, -0.1) is 0 Å². The van der Waals surface area contributed by atoms with Crippen molar-refractivity contribution < 1.29 is 47.9 Å². The molecular formula is C41H44B2O10. The molecule has 0 saturated carbocycles. The van der Waals surface area contributed by atoms with Crippen LogP contribution in [0.5, 0.6) is 11.5 Å². The van der Waals surface area contributed by atoms with Crippen molar-refractivity contribution >= 4 is 37.1 Å². The fraction of sp³-hybridized carbons (Fsp3) is 0.366. The van der Waals surface area contributed by atoms with E-state index in [0.717, 1.165) is 33.2 Å². The zero-order valence-corrected chi connectivity index (χ0v) is 31.7. The first-order valence-corrected chi connectivity index (χ1v) is 17.6. The van der Waals surface area contributed by atoms with Gasteiger partial charge in [-0.25, -0.2) is 9.59 Å². The predicted molar refractivity (Wildman–Crippen MR) is 201 cm³/mol. The van der Waals surface area contributed by atoms with Gasteiger partial charge in [0.05, 0.1) is 53.2 Å². The number of carbonyl (C=O) groups excluding carboxylic acids is 2. The van der Waals surface area contributed by atoms with E-state index < -0.39 is 54.0 Å². The van der Waals surface area contributed by atoms with Gasteiger partial charge in [-0.1, -0.05) is 48.5 Å². The van der Waals surface area contributed by atoms with E-state index in [0.29, 0.717) is 11.1 Å². The summed E-state index contributed by atoms with van der Waals surface area (Å²) in [6, 6.07) is 21.7. The molecule has 12 heteroatoms. The van der Waals surface area contributed by atoms with E-state index in [1.54, 1.807) is 24.3 Å². The predicted octanol–water partition coefficient (Wildman–Crippen LogP) is 5.63. The number of rotatable bonds is 6. The molecule has 4 aromatic carbocycles. The number of hydrogen-bond donors (Lipinski definition) is 2. The van der Waals surface area contributed by atoms with Crippen LogP contribution in [0.15, 0.2) is 72.8 Å². The van der Waals surface area contributed by atoms with Gasteiger partial charge in [0.1, 0.15) is 0 Å². The number of benzene rings is 4. The van der Waals surface area contributed by atoms with Crippen molar-refractivity contribution in [3.63, 3.8) is 0 Å². The van der Waals surface area contributed by atoms with E-state index in [4.69, 9.17) is 28.1 Å². The smallest absolute Gasteiger partial charge is 0.494 e. The normalized spacial score (nSPS) is 19.8. The number of phenols is 2. The van der Waals surface area contributed by atoms with E-state index in [-0.39, 0.29) is 22.6 Å². The zero-order valence-electron chi connectivity index (χ0n) is 31.7.